The van der Waals surface area contributed by atoms with Crippen molar-refractivity contribution in [2.75, 3.05) is 26.0 Å². The Kier molecular flexibility index (Phi) is 5.76. The highest BCUT2D eigenvalue weighted by Gasteiger charge is 2.24. The molecule has 0 fully saturated rings. The number of thiophene rings is 1. The monoisotopic (exact) mass is 333 g/mol. The molecule has 0 saturated carbocycles. The number of amides is 2. The summed E-state index contributed by atoms with van der Waals surface area (Å²) in [5.74, 6) is 0. The zero-order chi connectivity index (χ0) is 16.9. The summed E-state index contributed by atoms with van der Waals surface area (Å²) in [7, 11) is 4.00. The average molecular weight is 333 g/mol. The zero-order valence-corrected chi connectivity index (χ0v) is 14.5. The minimum Gasteiger partial charge on any atom is -0.383 e. The van der Waals surface area contributed by atoms with Gasteiger partial charge in [-0.15, -0.1) is 11.3 Å². The first kappa shape index (κ1) is 17.5. The maximum absolute atomic E-state index is 12.0. The molecule has 0 aliphatic heterocycles. The number of nitrogens with one attached hydrogen (secondary N) is 2. The van der Waals surface area contributed by atoms with Crippen LogP contribution in [-0.2, 0) is 12.1 Å². The van der Waals surface area contributed by atoms with E-state index < -0.39 is 5.60 Å². The number of urea groups is 1. The molecule has 0 bridgehead atoms. The van der Waals surface area contributed by atoms with Gasteiger partial charge in [0.25, 0.3) is 0 Å². The Bertz CT molecular complexity index is 639. The lowest BCUT2D eigenvalue weighted by atomic mass is 10.1. The van der Waals surface area contributed by atoms with Gasteiger partial charge in [-0.05, 0) is 50.2 Å². The number of carbonyl (C=O) groups is 1. The molecule has 6 heteroatoms. The fourth-order valence-electron chi connectivity index (χ4n) is 2.21. The third-order valence-electron chi connectivity index (χ3n) is 3.33. The Morgan fingerprint density at radius 2 is 2.09 bits per heavy atom. The van der Waals surface area contributed by atoms with E-state index in [2.05, 4.69) is 15.5 Å². The third-order valence-corrected chi connectivity index (χ3v) is 4.45. The lowest BCUT2D eigenvalue weighted by Gasteiger charge is -2.22. The number of nitrogens with zero attached hydrogens (tertiary/aromatic N) is 1. The molecule has 0 aliphatic rings. The van der Waals surface area contributed by atoms with Crippen molar-refractivity contribution in [3.05, 3.63) is 52.2 Å². The predicted molar refractivity (Wildman–Crippen MR) is 94.7 cm³/mol. The van der Waals surface area contributed by atoms with E-state index in [0.717, 1.165) is 22.7 Å². The standard InChI is InChI=1S/C17H23N3O2S/c1-17(22,15-8-5-9-23-15)12-18-16(21)19-14-7-4-6-13(10-14)11-20(2)3/h4-10,22H,11-12H2,1-3H3,(H2,18,19,21). The van der Waals surface area contributed by atoms with Gasteiger partial charge in [0.05, 0.1) is 6.54 Å². The zero-order valence-electron chi connectivity index (χ0n) is 13.7. The lowest BCUT2D eigenvalue weighted by molar-refractivity contribution is 0.0637. The summed E-state index contributed by atoms with van der Waals surface area (Å²) in [4.78, 5) is 14.9. The molecule has 2 rings (SSSR count). The summed E-state index contributed by atoms with van der Waals surface area (Å²) in [6.07, 6.45) is 0. The van der Waals surface area contributed by atoms with E-state index in [-0.39, 0.29) is 12.6 Å². The van der Waals surface area contributed by atoms with Gasteiger partial charge in [0.15, 0.2) is 0 Å². The Hall–Kier alpha value is -1.89. The Morgan fingerprint density at radius 3 is 2.74 bits per heavy atom. The van der Waals surface area contributed by atoms with Gasteiger partial charge in [-0.2, -0.15) is 0 Å². The van der Waals surface area contributed by atoms with Crippen LogP contribution in [0.4, 0.5) is 10.5 Å². The van der Waals surface area contributed by atoms with Crippen LogP contribution in [0.5, 0.6) is 0 Å². The number of anilines is 1. The van der Waals surface area contributed by atoms with Crippen molar-refractivity contribution >= 4 is 23.1 Å². The minimum atomic E-state index is -1.07. The number of carbonyl (C=O) groups excluding carboxylic acids is 1. The van der Waals surface area contributed by atoms with Gasteiger partial charge in [-0.3, -0.25) is 0 Å². The minimum absolute atomic E-state index is 0.150. The van der Waals surface area contributed by atoms with Gasteiger partial charge in [0.2, 0.25) is 0 Å². The van der Waals surface area contributed by atoms with Gasteiger partial charge in [-0.25, -0.2) is 4.79 Å². The van der Waals surface area contributed by atoms with Crippen molar-refractivity contribution in [3.8, 4) is 0 Å². The molecule has 1 aromatic heterocycles. The van der Waals surface area contributed by atoms with Gasteiger partial charge in [-0.1, -0.05) is 18.2 Å². The van der Waals surface area contributed by atoms with E-state index in [0.29, 0.717) is 0 Å². The van der Waals surface area contributed by atoms with Crippen LogP contribution in [0.1, 0.15) is 17.4 Å². The molecule has 1 atom stereocenters. The number of hydrogen-bond acceptors (Lipinski definition) is 4. The van der Waals surface area contributed by atoms with Crippen LogP contribution in [0.2, 0.25) is 0 Å². The largest absolute Gasteiger partial charge is 0.383 e. The Morgan fingerprint density at radius 1 is 1.30 bits per heavy atom. The second-order valence-corrected chi connectivity index (χ2v) is 6.94. The van der Waals surface area contributed by atoms with Crippen molar-refractivity contribution in [3.63, 3.8) is 0 Å². The molecule has 5 nitrogen and oxygen atoms in total. The SMILES string of the molecule is CN(C)Cc1cccc(NC(=O)NCC(C)(O)c2cccs2)c1. The summed E-state index contributed by atoms with van der Waals surface area (Å²) < 4.78 is 0. The lowest BCUT2D eigenvalue weighted by Crippen LogP contribution is -2.40. The molecule has 0 radical (unpaired) electrons. The van der Waals surface area contributed by atoms with Crippen LogP contribution in [0, 0.1) is 0 Å². The normalized spacial score (nSPS) is 13.6. The summed E-state index contributed by atoms with van der Waals surface area (Å²) in [5, 5.41) is 17.8. The highest BCUT2D eigenvalue weighted by Crippen LogP contribution is 2.24. The van der Waals surface area contributed by atoms with E-state index in [1.165, 1.54) is 11.3 Å². The van der Waals surface area contributed by atoms with Crippen molar-refractivity contribution in [1.82, 2.24) is 10.2 Å². The predicted octanol–water partition coefficient (Wildman–Crippen LogP) is 2.84. The summed E-state index contributed by atoms with van der Waals surface area (Å²) in [5.41, 5.74) is 0.786. The smallest absolute Gasteiger partial charge is 0.319 e. The molecular formula is C17H23N3O2S. The molecule has 23 heavy (non-hydrogen) atoms. The summed E-state index contributed by atoms with van der Waals surface area (Å²) in [6.45, 7) is 2.65. The van der Waals surface area contributed by atoms with Crippen LogP contribution < -0.4 is 10.6 Å². The molecule has 124 valence electrons. The second-order valence-electron chi connectivity index (χ2n) is 6.00. The second kappa shape index (κ2) is 7.59. The average Bonchev–Trinajstić information content (AvgIpc) is 3.00. The quantitative estimate of drug-likeness (QED) is 0.762. The van der Waals surface area contributed by atoms with Gasteiger partial charge in [0, 0.05) is 17.1 Å². The van der Waals surface area contributed by atoms with E-state index in [1.54, 1.807) is 6.92 Å². The number of hydrogen-bond donors (Lipinski definition) is 3. The first-order chi connectivity index (χ1) is 10.9. The van der Waals surface area contributed by atoms with Crippen molar-refractivity contribution in [2.45, 2.75) is 19.1 Å². The molecule has 0 saturated heterocycles. The van der Waals surface area contributed by atoms with Crippen LogP contribution in [0.25, 0.3) is 0 Å². The summed E-state index contributed by atoms with van der Waals surface area (Å²) >= 11 is 1.47. The molecule has 1 aromatic carbocycles. The van der Waals surface area contributed by atoms with Crippen LogP contribution in [0.3, 0.4) is 0 Å². The first-order valence-corrected chi connectivity index (χ1v) is 8.30. The summed E-state index contributed by atoms with van der Waals surface area (Å²) in [6, 6.07) is 11.1. The molecule has 1 heterocycles. The molecule has 2 aromatic rings. The third kappa shape index (κ3) is 5.35. The highest BCUT2D eigenvalue weighted by molar-refractivity contribution is 7.10. The fourth-order valence-corrected chi connectivity index (χ4v) is 3.00. The highest BCUT2D eigenvalue weighted by atomic mass is 32.1. The van der Waals surface area contributed by atoms with Crippen molar-refractivity contribution in [2.24, 2.45) is 0 Å². The molecular weight excluding hydrogens is 310 g/mol. The van der Waals surface area contributed by atoms with E-state index >= 15 is 0 Å². The van der Waals surface area contributed by atoms with E-state index in [1.807, 2.05) is 55.9 Å². The maximum Gasteiger partial charge on any atom is 0.319 e. The molecule has 3 N–H and O–H groups in total. The van der Waals surface area contributed by atoms with E-state index in [9.17, 15) is 9.90 Å². The number of benzene rings is 1. The molecule has 1 unspecified atom stereocenters. The van der Waals surface area contributed by atoms with Gasteiger partial charge in [0.1, 0.15) is 5.60 Å². The van der Waals surface area contributed by atoms with Crippen LogP contribution in [-0.4, -0.2) is 36.7 Å². The van der Waals surface area contributed by atoms with Gasteiger partial charge >= 0.3 is 6.03 Å². The molecule has 0 aliphatic carbocycles. The van der Waals surface area contributed by atoms with Crippen molar-refractivity contribution < 1.29 is 9.90 Å². The van der Waals surface area contributed by atoms with Crippen LogP contribution >= 0.6 is 11.3 Å². The van der Waals surface area contributed by atoms with Crippen molar-refractivity contribution in [1.29, 1.82) is 0 Å². The topological polar surface area (TPSA) is 64.6 Å². The fraction of sp³-hybridized carbons (Fsp3) is 0.353. The Balaban J connectivity index is 1.90. The maximum atomic E-state index is 12.0. The molecule has 0 spiro atoms. The van der Waals surface area contributed by atoms with Gasteiger partial charge < -0.3 is 20.6 Å². The Labute approximate surface area is 140 Å². The molecule has 2 amide bonds. The van der Waals surface area contributed by atoms with E-state index in [4.69, 9.17) is 0 Å². The number of aliphatic hydroxyl groups is 1. The van der Waals surface area contributed by atoms with Crippen LogP contribution in [0.15, 0.2) is 41.8 Å². The number of rotatable bonds is 6. The first-order valence-electron chi connectivity index (χ1n) is 7.42.